The van der Waals surface area contributed by atoms with Crippen molar-refractivity contribution in [2.45, 2.75) is 13.3 Å². The Bertz CT molecular complexity index is 1110. The Kier molecular flexibility index (Phi) is 5.87. The van der Waals surface area contributed by atoms with Gasteiger partial charge in [0.05, 0.1) is 16.8 Å². The lowest BCUT2D eigenvalue weighted by Gasteiger charge is -2.36. The summed E-state index contributed by atoms with van der Waals surface area (Å²) >= 11 is 0. The molecule has 10 heteroatoms. The zero-order valence-corrected chi connectivity index (χ0v) is 18.0. The number of imide groups is 1. The van der Waals surface area contributed by atoms with Gasteiger partial charge in [0.15, 0.2) is 0 Å². The molecule has 10 nitrogen and oxygen atoms in total. The minimum absolute atomic E-state index is 0.127. The molecule has 0 radical (unpaired) electrons. The van der Waals surface area contributed by atoms with Gasteiger partial charge < -0.3 is 15.8 Å². The number of anilines is 1. The second kappa shape index (κ2) is 8.75. The van der Waals surface area contributed by atoms with E-state index >= 15 is 0 Å². The van der Waals surface area contributed by atoms with Crippen LogP contribution in [0.15, 0.2) is 41.7 Å². The maximum atomic E-state index is 12.6. The largest absolute Gasteiger partial charge is 0.455 e. The molecule has 2 aromatic rings. The Morgan fingerprint density at radius 2 is 2.19 bits per heavy atom. The molecule has 4 N–H and O–H groups in total. The smallest absolute Gasteiger partial charge is 0.329 e. The van der Waals surface area contributed by atoms with Gasteiger partial charge in [0, 0.05) is 56.9 Å². The number of rotatable bonds is 5. The number of pyridine rings is 2. The summed E-state index contributed by atoms with van der Waals surface area (Å²) in [5, 5.41) is 5.82. The number of amides is 3. The molecular formula is C22H25N7O3. The van der Waals surface area contributed by atoms with Crippen LogP contribution in [0.1, 0.15) is 17.8 Å². The van der Waals surface area contributed by atoms with Crippen molar-refractivity contribution in [3.8, 4) is 11.5 Å². The highest BCUT2D eigenvalue weighted by Crippen LogP contribution is 2.35. The van der Waals surface area contributed by atoms with Gasteiger partial charge in [-0.05, 0) is 31.5 Å². The molecular weight excluding hydrogens is 410 g/mol. The number of carbonyl (C=O) groups is 2. The number of nitrogens with two attached hydrogens (primary N) is 1. The number of allylic oxidation sites excluding steroid dienone is 1. The number of aliphatic imine (C=N–C) groups is 1. The first-order chi connectivity index (χ1) is 15.5. The van der Waals surface area contributed by atoms with Crippen LogP contribution in [0.3, 0.4) is 0 Å². The zero-order valence-electron chi connectivity index (χ0n) is 18.0. The van der Waals surface area contributed by atoms with Crippen molar-refractivity contribution in [2.24, 2.45) is 16.1 Å². The van der Waals surface area contributed by atoms with Crippen LogP contribution in [-0.2, 0) is 4.79 Å². The molecule has 32 heavy (non-hydrogen) atoms. The Morgan fingerprint density at radius 1 is 1.38 bits per heavy atom. The normalized spacial score (nSPS) is 17.6. The molecule has 0 bridgehead atoms. The molecule has 0 aromatic carbocycles. The van der Waals surface area contributed by atoms with Gasteiger partial charge in [-0.1, -0.05) is 0 Å². The molecule has 3 amide bonds. The highest BCUT2D eigenvalue weighted by atomic mass is 16.5. The number of ether oxygens (including phenoxy) is 1. The molecule has 1 spiro atoms. The topological polar surface area (TPSA) is 135 Å². The van der Waals surface area contributed by atoms with E-state index in [1.54, 1.807) is 50.6 Å². The highest BCUT2D eigenvalue weighted by molar-refractivity contribution is 6.08. The van der Waals surface area contributed by atoms with Crippen molar-refractivity contribution in [3.63, 3.8) is 0 Å². The summed E-state index contributed by atoms with van der Waals surface area (Å²) in [6.07, 6.45) is 5.35. The van der Waals surface area contributed by atoms with Gasteiger partial charge in [-0.25, -0.2) is 9.78 Å². The van der Waals surface area contributed by atoms with Crippen LogP contribution >= 0.6 is 0 Å². The number of nitrogens with one attached hydrogen (secondary N) is 2. The first kappa shape index (κ1) is 21.4. The average Bonchev–Trinajstić information content (AvgIpc) is 3.12. The third-order valence-electron chi connectivity index (χ3n) is 5.66. The number of hydrogen-bond donors (Lipinski definition) is 3. The molecule has 166 valence electrons. The quantitative estimate of drug-likeness (QED) is 0.611. The summed E-state index contributed by atoms with van der Waals surface area (Å²) in [4.78, 5) is 39.1. The fourth-order valence-corrected chi connectivity index (χ4v) is 3.77. The van der Waals surface area contributed by atoms with Crippen LogP contribution in [0, 0.1) is 12.3 Å². The summed E-state index contributed by atoms with van der Waals surface area (Å²) in [6, 6.07) is 6.36. The lowest BCUT2D eigenvalue weighted by atomic mass is 9.80. The van der Waals surface area contributed by atoms with Crippen LogP contribution in [-0.4, -0.2) is 59.7 Å². The summed E-state index contributed by atoms with van der Waals surface area (Å²) in [5.41, 5.74) is 7.11. The van der Waals surface area contributed by atoms with E-state index in [0.29, 0.717) is 60.3 Å². The molecule has 2 aromatic heterocycles. The summed E-state index contributed by atoms with van der Waals surface area (Å²) < 4.78 is 5.95. The Hall–Kier alpha value is -3.79. The third-order valence-corrected chi connectivity index (χ3v) is 5.66. The average molecular weight is 435 g/mol. The van der Waals surface area contributed by atoms with Gasteiger partial charge in [0.2, 0.25) is 5.91 Å². The summed E-state index contributed by atoms with van der Waals surface area (Å²) in [7, 11) is 1.65. The predicted octanol–water partition coefficient (Wildman–Crippen LogP) is 1.93. The third kappa shape index (κ3) is 4.04. The van der Waals surface area contributed by atoms with Crippen molar-refractivity contribution >= 4 is 29.5 Å². The van der Waals surface area contributed by atoms with Gasteiger partial charge in [-0.3, -0.25) is 25.0 Å². The lowest BCUT2D eigenvalue weighted by Crippen LogP contribution is -2.58. The van der Waals surface area contributed by atoms with Gasteiger partial charge in [-0.15, -0.1) is 0 Å². The fourth-order valence-electron chi connectivity index (χ4n) is 3.77. The number of likely N-dealkylation sites (tertiary alicyclic amines) is 1. The van der Waals surface area contributed by atoms with E-state index in [0.717, 1.165) is 0 Å². The van der Waals surface area contributed by atoms with Crippen LogP contribution in [0.4, 0.5) is 10.6 Å². The van der Waals surface area contributed by atoms with Crippen molar-refractivity contribution < 1.29 is 14.3 Å². The second-order valence-electron chi connectivity index (χ2n) is 7.79. The van der Waals surface area contributed by atoms with Gasteiger partial charge in [0.1, 0.15) is 17.3 Å². The predicted molar refractivity (Wildman–Crippen MR) is 121 cm³/mol. The lowest BCUT2D eigenvalue weighted by molar-refractivity contribution is -0.135. The number of aryl methyl sites for hydroxylation is 1. The van der Waals surface area contributed by atoms with E-state index in [4.69, 9.17) is 10.5 Å². The summed E-state index contributed by atoms with van der Waals surface area (Å²) in [6.45, 7) is 3.45. The Labute approximate surface area is 185 Å². The monoisotopic (exact) mass is 435 g/mol. The van der Waals surface area contributed by atoms with E-state index < -0.39 is 11.4 Å². The second-order valence-corrected chi connectivity index (χ2v) is 7.79. The number of aromatic nitrogens is 2. The molecule has 2 aliphatic heterocycles. The molecule has 2 aliphatic rings. The van der Waals surface area contributed by atoms with Crippen LogP contribution in [0.25, 0.3) is 5.57 Å². The molecule has 4 heterocycles. The first-order valence-electron chi connectivity index (χ1n) is 10.3. The van der Waals surface area contributed by atoms with E-state index in [1.165, 1.54) is 11.1 Å². The Morgan fingerprint density at radius 3 is 2.81 bits per heavy atom. The maximum absolute atomic E-state index is 12.6. The zero-order chi connectivity index (χ0) is 22.7. The van der Waals surface area contributed by atoms with Crippen LogP contribution < -0.4 is 21.1 Å². The van der Waals surface area contributed by atoms with Crippen LogP contribution in [0.5, 0.6) is 11.5 Å². The maximum Gasteiger partial charge on any atom is 0.329 e. The minimum Gasteiger partial charge on any atom is -0.455 e. The van der Waals surface area contributed by atoms with Crippen molar-refractivity contribution in [1.82, 2.24) is 20.2 Å². The molecule has 0 atom stereocenters. The van der Waals surface area contributed by atoms with Crippen LogP contribution in [0.2, 0.25) is 0 Å². The first-order valence-corrected chi connectivity index (χ1v) is 10.3. The fraction of sp³-hybridized carbons (Fsp3) is 0.318. The molecule has 2 fully saturated rings. The van der Waals surface area contributed by atoms with E-state index in [-0.39, 0.29) is 5.91 Å². The van der Waals surface area contributed by atoms with E-state index in [2.05, 4.69) is 25.6 Å². The number of carbonyl (C=O) groups excluding carboxylic acids is 2. The highest BCUT2D eigenvalue weighted by Gasteiger charge is 2.52. The Balaban J connectivity index is 1.44. The summed E-state index contributed by atoms with van der Waals surface area (Å²) in [5.74, 6) is 1.31. The van der Waals surface area contributed by atoms with Gasteiger partial charge in [0.25, 0.3) is 0 Å². The number of nitrogens with zero attached hydrogens (tertiary/aromatic N) is 4. The van der Waals surface area contributed by atoms with E-state index in [1.807, 2.05) is 0 Å². The van der Waals surface area contributed by atoms with Gasteiger partial charge >= 0.3 is 6.03 Å². The molecule has 0 saturated carbocycles. The minimum atomic E-state index is -0.461. The molecule has 0 unspecified atom stereocenters. The van der Waals surface area contributed by atoms with E-state index in [9.17, 15) is 9.59 Å². The van der Waals surface area contributed by atoms with Crippen molar-refractivity contribution in [3.05, 3.63) is 48.1 Å². The number of hydrogen-bond acceptors (Lipinski definition) is 8. The van der Waals surface area contributed by atoms with Crippen molar-refractivity contribution in [1.29, 1.82) is 0 Å². The SMILES string of the molecule is CN=CC(=CN)c1cc(Oc2ccc(NC(=O)N3CCC4(CNC4)C3=O)nc2C)ccn1. The van der Waals surface area contributed by atoms with Gasteiger partial charge in [-0.2, -0.15) is 0 Å². The molecule has 0 aliphatic carbocycles. The number of urea groups is 1. The van der Waals surface area contributed by atoms with Crippen molar-refractivity contribution in [2.75, 3.05) is 32.0 Å². The molecule has 2 saturated heterocycles. The standard InChI is InChI=1S/C22H25N7O3/c1-14-18(32-16-5-7-26-17(9-16)15(10-23)11-24-2)3-4-19(27-14)28-21(31)29-8-6-22(20(29)30)12-25-13-22/h3-5,7,9-11,25H,6,8,12-13,23H2,1-2H3,(H,27,28,31). The molecule has 4 rings (SSSR count).